The second-order valence-electron chi connectivity index (χ2n) is 4.81. The molecule has 3 heteroatoms. The van der Waals surface area contributed by atoms with Crippen LogP contribution in [0.3, 0.4) is 0 Å². The van der Waals surface area contributed by atoms with Crippen LogP contribution in [-0.2, 0) is 7.05 Å². The summed E-state index contributed by atoms with van der Waals surface area (Å²) in [6.45, 7) is 2.11. The van der Waals surface area contributed by atoms with Gasteiger partial charge in [0.1, 0.15) is 0 Å². The van der Waals surface area contributed by atoms with Crippen molar-refractivity contribution >= 4 is 22.8 Å². The van der Waals surface area contributed by atoms with Crippen LogP contribution >= 0.6 is 0 Å². The predicted molar refractivity (Wildman–Crippen MR) is 85.3 cm³/mol. The monoisotopic (exact) mass is 263 g/mol. The third kappa shape index (κ3) is 2.18. The lowest BCUT2D eigenvalue weighted by Crippen LogP contribution is -1.94. The zero-order chi connectivity index (χ0) is 13.9. The molecule has 3 rings (SSSR count). The highest BCUT2D eigenvalue weighted by Gasteiger charge is 2.08. The average molecular weight is 263 g/mol. The van der Waals surface area contributed by atoms with E-state index >= 15 is 0 Å². The Labute approximate surface area is 118 Å². The molecule has 0 saturated heterocycles. The maximum Gasteiger partial charge on any atom is 0.0569 e. The minimum Gasteiger partial charge on any atom is -0.347 e. The second-order valence-corrected chi connectivity index (χ2v) is 4.81. The van der Waals surface area contributed by atoms with E-state index in [0.717, 1.165) is 11.3 Å². The Balaban J connectivity index is 1.93. The fourth-order valence-corrected chi connectivity index (χ4v) is 2.40. The van der Waals surface area contributed by atoms with E-state index in [1.165, 1.54) is 16.6 Å². The van der Waals surface area contributed by atoms with Crippen LogP contribution in [0, 0.1) is 6.92 Å². The van der Waals surface area contributed by atoms with E-state index in [0.29, 0.717) is 0 Å². The number of hydrazone groups is 1. The maximum absolute atomic E-state index is 4.35. The van der Waals surface area contributed by atoms with Crippen LogP contribution in [0.1, 0.15) is 11.3 Å². The third-order valence-corrected chi connectivity index (χ3v) is 3.61. The van der Waals surface area contributed by atoms with Crippen LogP contribution in [0.5, 0.6) is 0 Å². The maximum atomic E-state index is 4.35. The highest BCUT2D eigenvalue weighted by Crippen LogP contribution is 2.23. The van der Waals surface area contributed by atoms with Crippen molar-refractivity contribution in [2.45, 2.75) is 6.92 Å². The molecule has 2 aromatic carbocycles. The first-order chi connectivity index (χ1) is 9.77. The molecule has 20 heavy (non-hydrogen) atoms. The number of para-hydroxylation sites is 2. The first-order valence-electron chi connectivity index (χ1n) is 6.65. The first-order valence-corrected chi connectivity index (χ1v) is 6.65. The lowest BCUT2D eigenvalue weighted by atomic mass is 10.1. The van der Waals surface area contributed by atoms with Gasteiger partial charge in [0.05, 0.1) is 11.9 Å². The molecule has 0 aliphatic heterocycles. The van der Waals surface area contributed by atoms with Crippen molar-refractivity contribution in [3.8, 4) is 0 Å². The van der Waals surface area contributed by atoms with Gasteiger partial charge in [0.15, 0.2) is 0 Å². The Morgan fingerprint density at radius 2 is 1.70 bits per heavy atom. The Hall–Kier alpha value is -2.55. The summed E-state index contributed by atoms with van der Waals surface area (Å²) in [5, 5.41) is 5.58. The Kier molecular flexibility index (Phi) is 3.25. The van der Waals surface area contributed by atoms with Crippen molar-refractivity contribution in [3.05, 3.63) is 65.9 Å². The van der Waals surface area contributed by atoms with Crippen LogP contribution in [0.25, 0.3) is 10.9 Å². The number of fused-ring (bicyclic) bond motifs is 1. The number of benzene rings is 2. The summed E-state index contributed by atoms with van der Waals surface area (Å²) in [6, 6.07) is 18.3. The van der Waals surface area contributed by atoms with E-state index in [1.807, 2.05) is 36.5 Å². The molecule has 1 aromatic heterocycles. The van der Waals surface area contributed by atoms with E-state index in [-0.39, 0.29) is 0 Å². The molecule has 3 nitrogen and oxygen atoms in total. The number of anilines is 1. The van der Waals surface area contributed by atoms with Crippen molar-refractivity contribution in [2.24, 2.45) is 12.1 Å². The van der Waals surface area contributed by atoms with Gasteiger partial charge in [-0.2, -0.15) is 5.10 Å². The Morgan fingerprint density at radius 3 is 2.50 bits per heavy atom. The number of aromatic nitrogens is 1. The first kappa shape index (κ1) is 12.5. The van der Waals surface area contributed by atoms with Gasteiger partial charge in [-0.3, -0.25) is 5.43 Å². The summed E-state index contributed by atoms with van der Waals surface area (Å²) >= 11 is 0. The molecule has 0 fully saturated rings. The highest BCUT2D eigenvalue weighted by molar-refractivity contribution is 6.01. The van der Waals surface area contributed by atoms with Crippen molar-refractivity contribution in [3.63, 3.8) is 0 Å². The standard InChI is InChI=1S/C17H17N3/c1-13-16(12-18-19-14-8-4-3-5-9-14)15-10-6-7-11-17(15)20(13)2/h3-12,19H,1-2H3. The van der Waals surface area contributed by atoms with Gasteiger partial charge in [0, 0.05) is 29.2 Å². The lowest BCUT2D eigenvalue weighted by Gasteiger charge is -1.99. The second kappa shape index (κ2) is 5.21. The van der Waals surface area contributed by atoms with Crippen LogP contribution in [0.15, 0.2) is 59.7 Å². The van der Waals surface area contributed by atoms with E-state index < -0.39 is 0 Å². The Bertz CT molecular complexity index is 755. The van der Waals surface area contributed by atoms with E-state index in [2.05, 4.69) is 53.3 Å². The number of rotatable bonds is 3. The average Bonchev–Trinajstić information content (AvgIpc) is 2.74. The van der Waals surface area contributed by atoms with Crippen LogP contribution in [-0.4, -0.2) is 10.8 Å². The van der Waals surface area contributed by atoms with Crippen LogP contribution in [0.2, 0.25) is 0 Å². The van der Waals surface area contributed by atoms with Gasteiger partial charge in [0.25, 0.3) is 0 Å². The molecular weight excluding hydrogens is 246 g/mol. The van der Waals surface area contributed by atoms with Crippen molar-refractivity contribution in [1.82, 2.24) is 4.57 Å². The van der Waals surface area contributed by atoms with Gasteiger partial charge in [0.2, 0.25) is 0 Å². The summed E-state index contributed by atoms with van der Waals surface area (Å²) < 4.78 is 2.19. The summed E-state index contributed by atoms with van der Waals surface area (Å²) in [5.41, 5.74) is 7.64. The molecule has 3 aromatic rings. The predicted octanol–water partition coefficient (Wildman–Crippen LogP) is 3.93. The smallest absolute Gasteiger partial charge is 0.0569 e. The molecule has 1 N–H and O–H groups in total. The zero-order valence-corrected chi connectivity index (χ0v) is 11.7. The fraction of sp³-hybridized carbons (Fsp3) is 0.118. The highest BCUT2D eigenvalue weighted by atomic mass is 15.3. The molecule has 0 spiro atoms. The van der Waals surface area contributed by atoms with Gasteiger partial charge in [-0.1, -0.05) is 36.4 Å². The number of nitrogens with one attached hydrogen (secondary N) is 1. The summed E-state index contributed by atoms with van der Waals surface area (Å²) in [6.07, 6.45) is 1.89. The number of hydrogen-bond acceptors (Lipinski definition) is 2. The molecule has 0 amide bonds. The summed E-state index contributed by atoms with van der Waals surface area (Å²) in [4.78, 5) is 0. The summed E-state index contributed by atoms with van der Waals surface area (Å²) in [7, 11) is 2.08. The van der Waals surface area contributed by atoms with Gasteiger partial charge in [-0.15, -0.1) is 0 Å². The minimum absolute atomic E-state index is 0.988. The van der Waals surface area contributed by atoms with Crippen LogP contribution in [0.4, 0.5) is 5.69 Å². The number of hydrogen-bond donors (Lipinski definition) is 1. The fourth-order valence-electron chi connectivity index (χ4n) is 2.40. The molecule has 0 saturated carbocycles. The minimum atomic E-state index is 0.988. The summed E-state index contributed by atoms with van der Waals surface area (Å²) in [5.74, 6) is 0. The van der Waals surface area contributed by atoms with Crippen LogP contribution < -0.4 is 5.43 Å². The number of nitrogens with zero attached hydrogens (tertiary/aromatic N) is 2. The molecule has 100 valence electrons. The molecular formula is C17H17N3. The van der Waals surface area contributed by atoms with E-state index in [4.69, 9.17) is 0 Å². The van der Waals surface area contributed by atoms with Gasteiger partial charge in [-0.05, 0) is 25.1 Å². The van der Waals surface area contributed by atoms with Crippen molar-refractivity contribution in [2.75, 3.05) is 5.43 Å². The molecule has 0 aliphatic carbocycles. The van der Waals surface area contributed by atoms with Crippen molar-refractivity contribution < 1.29 is 0 Å². The number of aryl methyl sites for hydroxylation is 1. The van der Waals surface area contributed by atoms with Gasteiger partial charge in [-0.25, -0.2) is 0 Å². The Morgan fingerprint density at radius 1 is 1.00 bits per heavy atom. The molecule has 0 atom stereocenters. The molecule has 0 bridgehead atoms. The lowest BCUT2D eigenvalue weighted by molar-refractivity contribution is 0.916. The molecule has 0 aliphatic rings. The van der Waals surface area contributed by atoms with Gasteiger partial charge >= 0.3 is 0 Å². The quantitative estimate of drug-likeness (QED) is 0.563. The van der Waals surface area contributed by atoms with E-state index in [1.54, 1.807) is 0 Å². The van der Waals surface area contributed by atoms with Crippen molar-refractivity contribution in [1.29, 1.82) is 0 Å². The van der Waals surface area contributed by atoms with Gasteiger partial charge < -0.3 is 4.57 Å². The molecule has 0 unspecified atom stereocenters. The SMILES string of the molecule is Cc1c(C=NNc2ccccc2)c2ccccc2n1C. The van der Waals surface area contributed by atoms with E-state index in [9.17, 15) is 0 Å². The normalized spacial score (nSPS) is 11.3. The topological polar surface area (TPSA) is 29.3 Å². The third-order valence-electron chi connectivity index (χ3n) is 3.61. The largest absolute Gasteiger partial charge is 0.347 e. The molecule has 1 heterocycles. The molecule has 0 radical (unpaired) electrons. The zero-order valence-electron chi connectivity index (χ0n) is 11.7.